The van der Waals surface area contributed by atoms with E-state index in [1.807, 2.05) is 30.3 Å². The Labute approximate surface area is 219 Å². The molecule has 3 rings (SSSR count). The summed E-state index contributed by atoms with van der Waals surface area (Å²) in [5.74, 6) is 0.157. The van der Waals surface area contributed by atoms with Gasteiger partial charge in [-0.1, -0.05) is 55.8 Å². The van der Waals surface area contributed by atoms with Crippen molar-refractivity contribution in [3.8, 4) is 5.75 Å². The third kappa shape index (κ3) is 7.63. The van der Waals surface area contributed by atoms with E-state index in [2.05, 4.69) is 33.5 Å². The van der Waals surface area contributed by atoms with Crippen LogP contribution in [-0.4, -0.2) is 35.5 Å². The van der Waals surface area contributed by atoms with Crippen molar-refractivity contribution < 1.29 is 14.3 Å². The SMILES string of the molecule is CCCCOc1ccc(C(=O)NC(=S)Nc2ccccc2C(=O)N(C)Cc2ccccc2)cc1Br. The summed E-state index contributed by atoms with van der Waals surface area (Å²) < 4.78 is 6.40. The molecule has 0 fully saturated rings. The zero-order chi connectivity index (χ0) is 25.2. The number of unbranched alkanes of at least 4 members (excludes halogenated alkanes) is 1. The van der Waals surface area contributed by atoms with Crippen molar-refractivity contribution in [1.82, 2.24) is 10.2 Å². The van der Waals surface area contributed by atoms with Crippen LogP contribution in [0.5, 0.6) is 5.75 Å². The molecule has 2 amide bonds. The summed E-state index contributed by atoms with van der Waals surface area (Å²) in [4.78, 5) is 27.5. The highest BCUT2D eigenvalue weighted by molar-refractivity contribution is 9.10. The maximum absolute atomic E-state index is 13.1. The molecule has 0 saturated heterocycles. The largest absolute Gasteiger partial charge is 0.492 e. The first kappa shape index (κ1) is 26.4. The first-order chi connectivity index (χ1) is 16.9. The van der Waals surface area contributed by atoms with Gasteiger partial charge in [0, 0.05) is 19.2 Å². The van der Waals surface area contributed by atoms with Gasteiger partial charge in [0.1, 0.15) is 5.75 Å². The third-order valence-corrected chi connectivity index (χ3v) is 6.02. The molecule has 0 aliphatic carbocycles. The normalized spacial score (nSPS) is 10.4. The number of nitrogens with one attached hydrogen (secondary N) is 2. The number of nitrogens with zero attached hydrogens (tertiary/aromatic N) is 1. The number of benzene rings is 3. The number of carbonyl (C=O) groups excluding carboxylic acids is 2. The van der Waals surface area contributed by atoms with Crippen LogP contribution in [0, 0.1) is 0 Å². The molecule has 8 heteroatoms. The van der Waals surface area contributed by atoms with E-state index < -0.39 is 0 Å². The predicted molar refractivity (Wildman–Crippen MR) is 147 cm³/mol. The minimum atomic E-state index is -0.367. The smallest absolute Gasteiger partial charge is 0.257 e. The van der Waals surface area contributed by atoms with E-state index in [0.29, 0.717) is 40.2 Å². The van der Waals surface area contributed by atoms with Gasteiger partial charge in [0.15, 0.2) is 5.11 Å². The molecular formula is C27H28BrN3O3S. The zero-order valence-electron chi connectivity index (χ0n) is 19.7. The van der Waals surface area contributed by atoms with Crippen molar-refractivity contribution >= 4 is 50.8 Å². The Bertz CT molecular complexity index is 1190. The van der Waals surface area contributed by atoms with E-state index in [1.54, 1.807) is 54.4 Å². The number of halogens is 1. The van der Waals surface area contributed by atoms with E-state index in [1.165, 1.54) is 0 Å². The van der Waals surface area contributed by atoms with Gasteiger partial charge in [0.05, 0.1) is 22.3 Å². The zero-order valence-corrected chi connectivity index (χ0v) is 22.1. The highest BCUT2D eigenvalue weighted by atomic mass is 79.9. The summed E-state index contributed by atoms with van der Waals surface area (Å²) >= 11 is 8.81. The molecule has 182 valence electrons. The molecule has 0 aliphatic heterocycles. The van der Waals surface area contributed by atoms with Crippen molar-refractivity contribution in [3.63, 3.8) is 0 Å². The fourth-order valence-electron chi connectivity index (χ4n) is 3.33. The highest BCUT2D eigenvalue weighted by Gasteiger charge is 2.17. The fourth-order valence-corrected chi connectivity index (χ4v) is 4.02. The van der Waals surface area contributed by atoms with Gasteiger partial charge in [-0.15, -0.1) is 0 Å². The van der Waals surface area contributed by atoms with Crippen LogP contribution >= 0.6 is 28.1 Å². The van der Waals surface area contributed by atoms with Crippen LogP contribution in [-0.2, 0) is 6.54 Å². The molecule has 6 nitrogen and oxygen atoms in total. The number of thiocarbonyl (C=S) groups is 1. The molecule has 35 heavy (non-hydrogen) atoms. The summed E-state index contributed by atoms with van der Waals surface area (Å²) in [5, 5.41) is 5.76. The van der Waals surface area contributed by atoms with Gasteiger partial charge in [-0.05, 0) is 70.5 Å². The number of hydrogen-bond acceptors (Lipinski definition) is 4. The Morgan fingerprint density at radius 2 is 1.74 bits per heavy atom. The van der Waals surface area contributed by atoms with E-state index in [9.17, 15) is 9.59 Å². The third-order valence-electron chi connectivity index (χ3n) is 5.19. The number of amides is 2. The average molecular weight is 555 g/mol. The molecule has 0 aliphatic rings. The Balaban J connectivity index is 1.64. The molecule has 0 heterocycles. The number of carbonyl (C=O) groups is 2. The maximum Gasteiger partial charge on any atom is 0.257 e. The lowest BCUT2D eigenvalue weighted by Crippen LogP contribution is -2.35. The summed E-state index contributed by atoms with van der Waals surface area (Å²) in [5.41, 5.74) is 2.43. The molecule has 2 N–H and O–H groups in total. The summed E-state index contributed by atoms with van der Waals surface area (Å²) in [6.07, 6.45) is 2.00. The van der Waals surface area contributed by atoms with Crippen LogP contribution in [0.3, 0.4) is 0 Å². The second-order valence-electron chi connectivity index (χ2n) is 7.95. The van der Waals surface area contributed by atoms with Gasteiger partial charge in [-0.2, -0.15) is 0 Å². The number of ether oxygens (including phenoxy) is 1. The van der Waals surface area contributed by atoms with E-state index in [4.69, 9.17) is 17.0 Å². The van der Waals surface area contributed by atoms with E-state index in [-0.39, 0.29) is 16.9 Å². The molecule has 0 spiro atoms. The molecule has 0 aromatic heterocycles. The van der Waals surface area contributed by atoms with Crippen LogP contribution in [0.15, 0.2) is 77.3 Å². The first-order valence-corrected chi connectivity index (χ1v) is 12.5. The standard InChI is InChI=1S/C27H28BrN3O3S/c1-3-4-16-34-24-15-14-20(17-22(24)28)25(32)30-27(35)29-23-13-9-8-12-21(23)26(33)31(2)18-19-10-6-5-7-11-19/h5-15,17H,3-4,16,18H2,1-2H3,(H2,29,30,32,35). The maximum atomic E-state index is 13.1. The lowest BCUT2D eigenvalue weighted by atomic mass is 10.1. The van der Waals surface area contributed by atoms with Crippen molar-refractivity contribution in [2.24, 2.45) is 0 Å². The van der Waals surface area contributed by atoms with Crippen LogP contribution in [0.4, 0.5) is 5.69 Å². The molecular weight excluding hydrogens is 526 g/mol. The topological polar surface area (TPSA) is 70.7 Å². The molecule has 3 aromatic carbocycles. The van der Waals surface area contributed by atoms with Gasteiger partial charge in [-0.3, -0.25) is 14.9 Å². The lowest BCUT2D eigenvalue weighted by Gasteiger charge is -2.20. The number of hydrogen-bond donors (Lipinski definition) is 2. The number of rotatable bonds is 9. The van der Waals surface area contributed by atoms with Crippen LogP contribution in [0.2, 0.25) is 0 Å². The second-order valence-corrected chi connectivity index (χ2v) is 9.21. The summed E-state index contributed by atoms with van der Waals surface area (Å²) in [6.45, 7) is 3.19. The van der Waals surface area contributed by atoms with Crippen molar-refractivity contribution in [2.75, 3.05) is 19.0 Å². The Morgan fingerprint density at radius 3 is 2.46 bits per heavy atom. The summed E-state index contributed by atoms with van der Waals surface area (Å²) in [6, 6.07) is 22.0. The van der Waals surface area contributed by atoms with Gasteiger partial charge >= 0.3 is 0 Å². The fraction of sp³-hybridized carbons (Fsp3) is 0.222. The average Bonchev–Trinajstić information content (AvgIpc) is 2.85. The van der Waals surface area contributed by atoms with Crippen LogP contribution in [0.1, 0.15) is 46.0 Å². The van der Waals surface area contributed by atoms with Crippen LogP contribution in [0.25, 0.3) is 0 Å². The minimum absolute atomic E-state index is 0.0976. The van der Waals surface area contributed by atoms with Crippen molar-refractivity contribution in [2.45, 2.75) is 26.3 Å². The van der Waals surface area contributed by atoms with Crippen molar-refractivity contribution in [3.05, 3.63) is 94.0 Å². The second kappa shape index (κ2) is 13.0. The van der Waals surface area contributed by atoms with Gasteiger partial charge in [-0.25, -0.2) is 0 Å². The Kier molecular flexibility index (Phi) is 9.81. The molecule has 0 saturated carbocycles. The first-order valence-electron chi connectivity index (χ1n) is 11.3. The molecule has 0 unspecified atom stereocenters. The predicted octanol–water partition coefficient (Wildman–Crippen LogP) is 6.03. The molecule has 0 atom stereocenters. The van der Waals surface area contributed by atoms with E-state index >= 15 is 0 Å². The van der Waals surface area contributed by atoms with Crippen molar-refractivity contribution in [1.29, 1.82) is 0 Å². The van der Waals surface area contributed by atoms with Gasteiger partial charge < -0.3 is 15.0 Å². The quantitative estimate of drug-likeness (QED) is 0.250. The lowest BCUT2D eigenvalue weighted by molar-refractivity contribution is 0.0786. The molecule has 0 radical (unpaired) electrons. The summed E-state index contributed by atoms with van der Waals surface area (Å²) in [7, 11) is 1.75. The van der Waals surface area contributed by atoms with Gasteiger partial charge in [0.2, 0.25) is 0 Å². The van der Waals surface area contributed by atoms with E-state index in [0.717, 1.165) is 18.4 Å². The number of anilines is 1. The Morgan fingerprint density at radius 1 is 1.03 bits per heavy atom. The van der Waals surface area contributed by atoms with Crippen LogP contribution < -0.4 is 15.4 Å². The molecule has 0 bridgehead atoms. The monoisotopic (exact) mass is 553 g/mol. The minimum Gasteiger partial charge on any atom is -0.492 e. The van der Waals surface area contributed by atoms with Gasteiger partial charge in [0.25, 0.3) is 11.8 Å². The highest BCUT2D eigenvalue weighted by Crippen LogP contribution is 2.26. The number of para-hydroxylation sites is 1. The Hall–Kier alpha value is -3.23. The molecule has 3 aromatic rings.